The minimum absolute atomic E-state index is 0.0341. The van der Waals surface area contributed by atoms with Crippen molar-refractivity contribution in [1.82, 2.24) is 4.90 Å². The summed E-state index contributed by atoms with van der Waals surface area (Å²) in [7, 11) is 3.08. The Bertz CT molecular complexity index is 1390. The summed E-state index contributed by atoms with van der Waals surface area (Å²) in [6, 6.07) is -1.08. The third-order valence-corrected chi connectivity index (χ3v) is 13.1. The molecule has 2 N–H and O–H groups in total. The van der Waals surface area contributed by atoms with Crippen LogP contribution >= 0.6 is 11.8 Å². The zero-order valence-corrected chi connectivity index (χ0v) is 34.3. The van der Waals surface area contributed by atoms with Crippen LogP contribution in [0.3, 0.4) is 0 Å². The maximum atomic E-state index is 14.2. The number of thioether (sulfide) groups is 1. The van der Waals surface area contributed by atoms with Gasteiger partial charge in [-0.15, -0.1) is 6.58 Å². The molecule has 0 unspecified atom stereocenters. The Hall–Kier alpha value is -2.35. The highest BCUT2D eigenvalue weighted by molar-refractivity contribution is 7.99. The van der Waals surface area contributed by atoms with Crippen LogP contribution in [0.5, 0.6) is 0 Å². The van der Waals surface area contributed by atoms with E-state index in [1.165, 1.54) is 19.1 Å². The topological polar surface area (TPSA) is 149 Å². The molecule has 0 aliphatic carbocycles. The van der Waals surface area contributed by atoms with Crippen molar-refractivity contribution < 1.29 is 48.3 Å². The number of piperidine rings is 1. The third-order valence-electron chi connectivity index (χ3n) is 12.0. The van der Waals surface area contributed by atoms with Gasteiger partial charge >= 0.3 is 5.97 Å². The number of rotatable bonds is 6. The molecule has 1 amide bonds. The quantitative estimate of drug-likeness (QED) is 0.197. The van der Waals surface area contributed by atoms with Gasteiger partial charge in [0.1, 0.15) is 24.0 Å². The summed E-state index contributed by atoms with van der Waals surface area (Å²) in [5.41, 5.74) is 1.76. The number of methoxy groups -OCH3 is 2. The number of amides is 1. The fourth-order valence-electron chi connectivity index (χ4n) is 8.76. The number of fused-ring (bicyclic) bond motifs is 3. The molecule has 4 aliphatic rings. The standard InChI is InChI=1S/C42H65NO10S/c1-9-12-31-20-25(2)19-26(3)21-35(50-7)38-36(51-8)23-28(5)42(49,53-38)39(46)40(47)43-16-11-10-13-32(43)41(48)52-37(29(6)33(44)24-34(31)45)27(4)22-30-14-17-54-18-15-30/h9,20,22,26,28-33,35-38,44,49H,1,10-19,21,23-24H2,2-8H3/b25-20+,27-22+/t26-,28+,29+,31+,32-,33-,35-,36-,37-,38+,42+/m0/s1. The van der Waals surface area contributed by atoms with Crippen LogP contribution in [0.25, 0.3) is 0 Å². The number of nitrogens with zero attached hydrogens (tertiary/aromatic N) is 1. The maximum absolute atomic E-state index is 14.2. The first-order chi connectivity index (χ1) is 25.6. The number of cyclic esters (lactones) is 1. The van der Waals surface area contributed by atoms with E-state index < -0.39 is 77.8 Å². The van der Waals surface area contributed by atoms with E-state index in [1.807, 2.05) is 31.7 Å². The van der Waals surface area contributed by atoms with E-state index in [0.29, 0.717) is 32.1 Å². The van der Waals surface area contributed by atoms with Gasteiger partial charge in [0, 0.05) is 44.9 Å². The lowest BCUT2D eigenvalue weighted by Gasteiger charge is -2.47. The van der Waals surface area contributed by atoms with E-state index in [9.17, 15) is 29.4 Å². The van der Waals surface area contributed by atoms with Crippen molar-refractivity contribution in [3.63, 3.8) is 0 Å². The fourth-order valence-corrected chi connectivity index (χ4v) is 9.90. The lowest BCUT2D eigenvalue weighted by atomic mass is 9.82. The lowest BCUT2D eigenvalue weighted by molar-refractivity contribution is -0.302. The Labute approximate surface area is 326 Å². The zero-order valence-electron chi connectivity index (χ0n) is 33.5. The number of aliphatic hydroxyl groups is 2. The number of ketones is 2. The van der Waals surface area contributed by atoms with Gasteiger partial charge in [0.05, 0.1) is 18.3 Å². The highest BCUT2D eigenvalue weighted by Gasteiger charge is 2.56. The van der Waals surface area contributed by atoms with Gasteiger partial charge in [0.25, 0.3) is 11.7 Å². The first kappa shape index (κ1) is 44.4. The molecule has 4 rings (SSSR count). The Kier molecular flexibility index (Phi) is 16.6. The zero-order chi connectivity index (χ0) is 39.7. The number of Topliss-reactive ketones (excluding diaryl/α,β-unsaturated/α-hetero) is 2. The van der Waals surface area contributed by atoms with Gasteiger partial charge in [0.15, 0.2) is 0 Å². The summed E-state index contributed by atoms with van der Waals surface area (Å²) in [6.07, 6.45) is 6.81. The summed E-state index contributed by atoms with van der Waals surface area (Å²) in [4.78, 5) is 57.6. The van der Waals surface area contributed by atoms with Crippen LogP contribution < -0.4 is 0 Å². The second kappa shape index (κ2) is 20.2. The minimum atomic E-state index is -2.48. The Balaban J connectivity index is 1.77. The van der Waals surface area contributed by atoms with Crippen molar-refractivity contribution >= 4 is 35.2 Å². The van der Waals surface area contributed by atoms with Gasteiger partial charge in [-0.2, -0.15) is 11.8 Å². The molecule has 54 heavy (non-hydrogen) atoms. The van der Waals surface area contributed by atoms with Crippen molar-refractivity contribution in [3.05, 3.63) is 36.0 Å². The van der Waals surface area contributed by atoms with E-state index in [4.69, 9.17) is 18.9 Å². The first-order valence-corrected chi connectivity index (χ1v) is 21.1. The Morgan fingerprint density at radius 3 is 2.35 bits per heavy atom. The van der Waals surface area contributed by atoms with Crippen LogP contribution in [0.4, 0.5) is 0 Å². The van der Waals surface area contributed by atoms with Crippen LogP contribution in [-0.4, -0.2) is 113 Å². The number of allylic oxidation sites excluding steroid dienone is 4. The number of esters is 1. The van der Waals surface area contributed by atoms with Crippen molar-refractivity contribution in [3.8, 4) is 0 Å². The Morgan fingerprint density at radius 1 is 1.04 bits per heavy atom. The van der Waals surface area contributed by atoms with Gasteiger partial charge in [-0.05, 0) is 101 Å². The molecule has 0 aromatic rings. The van der Waals surface area contributed by atoms with Crippen LogP contribution in [0.2, 0.25) is 0 Å². The van der Waals surface area contributed by atoms with Gasteiger partial charge in [-0.3, -0.25) is 14.4 Å². The van der Waals surface area contributed by atoms with Crippen LogP contribution in [0, 0.1) is 29.6 Å². The second-order valence-corrected chi connectivity index (χ2v) is 17.5. The molecule has 11 nitrogen and oxygen atoms in total. The molecule has 11 atom stereocenters. The van der Waals surface area contributed by atoms with Gasteiger partial charge in [-0.1, -0.05) is 44.6 Å². The predicted molar refractivity (Wildman–Crippen MR) is 208 cm³/mol. The lowest BCUT2D eigenvalue weighted by Crippen LogP contribution is -2.64. The molecule has 0 aromatic heterocycles. The first-order valence-electron chi connectivity index (χ1n) is 19.9. The van der Waals surface area contributed by atoms with E-state index in [-0.39, 0.29) is 43.4 Å². The summed E-state index contributed by atoms with van der Waals surface area (Å²) >= 11 is 1.91. The number of hydrogen-bond donors (Lipinski definition) is 2. The van der Waals surface area contributed by atoms with E-state index >= 15 is 0 Å². The number of carbonyl (C=O) groups excluding carboxylic acids is 4. The summed E-state index contributed by atoms with van der Waals surface area (Å²) < 4.78 is 24.2. The number of hydrogen-bond acceptors (Lipinski definition) is 11. The minimum Gasteiger partial charge on any atom is -0.456 e. The summed E-state index contributed by atoms with van der Waals surface area (Å²) in [6.45, 7) is 13.4. The molecule has 0 spiro atoms. The van der Waals surface area contributed by atoms with Crippen LogP contribution in [0.1, 0.15) is 98.8 Å². The van der Waals surface area contributed by atoms with E-state index in [2.05, 4.69) is 19.6 Å². The molecular weight excluding hydrogens is 711 g/mol. The molecule has 0 radical (unpaired) electrons. The molecule has 12 heteroatoms. The molecule has 3 fully saturated rings. The number of aliphatic hydroxyl groups excluding tert-OH is 1. The van der Waals surface area contributed by atoms with Crippen molar-refractivity contribution in [2.24, 2.45) is 29.6 Å². The molecule has 4 aliphatic heterocycles. The third kappa shape index (κ3) is 10.7. The monoisotopic (exact) mass is 775 g/mol. The largest absolute Gasteiger partial charge is 0.456 e. The number of carbonyl (C=O) groups is 4. The normalized spacial score (nSPS) is 38.8. The van der Waals surface area contributed by atoms with Gasteiger partial charge in [-0.25, -0.2) is 4.79 Å². The molecule has 2 bridgehead atoms. The number of ether oxygens (including phenoxy) is 4. The SMILES string of the molecule is C=CC[C@@H]1/C=C(\C)C[C@H](C)C[C@H](OC)[C@H]2O[C@@](O)(C(=O)C(=O)N3CCCC[C@H]3C(=O)O[C@@H](/C(C)=C/C3CCSCC3)[C@H](C)[C@@H](O)CC1=O)[C@H](C)C[C@@H]2OC. The van der Waals surface area contributed by atoms with Crippen LogP contribution in [-0.2, 0) is 38.1 Å². The predicted octanol–water partition coefficient (Wildman–Crippen LogP) is 5.61. The van der Waals surface area contributed by atoms with E-state index in [1.54, 1.807) is 19.9 Å². The molecule has 0 aromatic carbocycles. The van der Waals surface area contributed by atoms with Crippen molar-refractivity contribution in [1.29, 1.82) is 0 Å². The van der Waals surface area contributed by atoms with E-state index in [0.717, 1.165) is 35.5 Å². The highest BCUT2D eigenvalue weighted by atomic mass is 32.2. The molecule has 3 saturated heterocycles. The van der Waals surface area contributed by atoms with Crippen molar-refractivity contribution in [2.75, 3.05) is 32.3 Å². The Morgan fingerprint density at radius 2 is 1.70 bits per heavy atom. The molecule has 0 saturated carbocycles. The molecule has 304 valence electrons. The molecular formula is C42H65NO10S. The van der Waals surface area contributed by atoms with Gasteiger partial charge < -0.3 is 34.1 Å². The van der Waals surface area contributed by atoms with Crippen molar-refractivity contribution in [2.45, 2.75) is 141 Å². The highest BCUT2D eigenvalue weighted by Crippen LogP contribution is 2.39. The smallest absolute Gasteiger partial charge is 0.329 e. The average molecular weight is 776 g/mol. The van der Waals surface area contributed by atoms with Crippen LogP contribution in [0.15, 0.2) is 36.0 Å². The second-order valence-electron chi connectivity index (χ2n) is 16.3. The summed E-state index contributed by atoms with van der Waals surface area (Å²) in [5, 5.41) is 23.6. The molecule has 4 heterocycles. The maximum Gasteiger partial charge on any atom is 0.329 e. The fraction of sp³-hybridized carbons (Fsp3) is 0.762. The summed E-state index contributed by atoms with van der Waals surface area (Å²) in [5.74, 6) is -5.02. The van der Waals surface area contributed by atoms with Gasteiger partial charge in [0.2, 0.25) is 5.79 Å². The average Bonchev–Trinajstić information content (AvgIpc) is 3.15.